The van der Waals surface area contributed by atoms with Crippen molar-refractivity contribution in [1.82, 2.24) is 10.3 Å². The highest BCUT2D eigenvalue weighted by atomic mass is 35.5. The van der Waals surface area contributed by atoms with Crippen LogP contribution in [-0.2, 0) is 6.54 Å². The highest BCUT2D eigenvalue weighted by Gasteiger charge is 2.13. The highest BCUT2D eigenvalue weighted by Crippen LogP contribution is 2.18. The second-order valence-corrected chi connectivity index (χ2v) is 5.75. The number of carbonyl (C=O) groups is 1. The molecule has 0 aliphatic heterocycles. The molecule has 100 valence electrons. The number of carbonyl (C=O) groups excluding carboxylic acids is 1. The molecule has 0 aliphatic rings. The number of amides is 1. The number of nitrogens with zero attached hydrogens (tertiary/aromatic N) is 1. The van der Waals surface area contributed by atoms with E-state index in [1.165, 1.54) is 4.88 Å². The molecule has 2 N–H and O–H groups in total. The second-order valence-electron chi connectivity index (χ2n) is 3.97. The highest BCUT2D eigenvalue weighted by molar-refractivity contribution is 7.11. The fourth-order valence-electron chi connectivity index (χ4n) is 1.57. The fourth-order valence-corrected chi connectivity index (χ4v) is 2.59. The SMILES string of the molecule is CNc1ccc(Cl)c(C(=O)NCc2ccc(C)s2)n1. The van der Waals surface area contributed by atoms with E-state index < -0.39 is 0 Å². The van der Waals surface area contributed by atoms with Gasteiger partial charge in [0.1, 0.15) is 11.5 Å². The van der Waals surface area contributed by atoms with Gasteiger partial charge in [-0.3, -0.25) is 4.79 Å². The van der Waals surface area contributed by atoms with Crippen molar-refractivity contribution >= 4 is 34.7 Å². The number of thiophene rings is 1. The first-order valence-electron chi connectivity index (χ1n) is 5.78. The van der Waals surface area contributed by atoms with Crippen molar-refractivity contribution in [3.8, 4) is 0 Å². The number of anilines is 1. The minimum absolute atomic E-state index is 0.238. The summed E-state index contributed by atoms with van der Waals surface area (Å²) >= 11 is 7.64. The van der Waals surface area contributed by atoms with Crippen LogP contribution < -0.4 is 10.6 Å². The first kappa shape index (κ1) is 13.8. The molecule has 0 saturated carbocycles. The van der Waals surface area contributed by atoms with Crippen LogP contribution in [0.4, 0.5) is 5.82 Å². The summed E-state index contributed by atoms with van der Waals surface area (Å²) in [6, 6.07) is 7.41. The van der Waals surface area contributed by atoms with Gasteiger partial charge in [0, 0.05) is 16.8 Å². The maximum absolute atomic E-state index is 12.0. The zero-order valence-electron chi connectivity index (χ0n) is 10.7. The van der Waals surface area contributed by atoms with Crippen molar-refractivity contribution < 1.29 is 4.79 Å². The van der Waals surface area contributed by atoms with E-state index in [0.717, 1.165) is 4.88 Å². The Morgan fingerprint density at radius 2 is 2.16 bits per heavy atom. The van der Waals surface area contributed by atoms with Gasteiger partial charge in [-0.25, -0.2) is 4.98 Å². The summed E-state index contributed by atoms with van der Waals surface area (Å²) in [4.78, 5) is 18.5. The molecule has 0 fully saturated rings. The van der Waals surface area contributed by atoms with E-state index >= 15 is 0 Å². The first-order valence-corrected chi connectivity index (χ1v) is 6.97. The predicted molar refractivity (Wildman–Crippen MR) is 79.0 cm³/mol. The van der Waals surface area contributed by atoms with Gasteiger partial charge < -0.3 is 10.6 Å². The third-order valence-electron chi connectivity index (χ3n) is 2.54. The minimum Gasteiger partial charge on any atom is -0.373 e. The molecule has 0 unspecified atom stereocenters. The molecule has 0 aliphatic carbocycles. The van der Waals surface area contributed by atoms with Crippen LogP contribution in [0.3, 0.4) is 0 Å². The van der Waals surface area contributed by atoms with Crippen molar-refractivity contribution in [3.05, 3.63) is 44.7 Å². The number of aryl methyl sites for hydroxylation is 1. The Balaban J connectivity index is 2.07. The van der Waals surface area contributed by atoms with Crippen molar-refractivity contribution in [2.75, 3.05) is 12.4 Å². The summed E-state index contributed by atoms with van der Waals surface area (Å²) < 4.78 is 0. The van der Waals surface area contributed by atoms with E-state index in [1.807, 2.05) is 19.1 Å². The van der Waals surface area contributed by atoms with Gasteiger partial charge in [-0.1, -0.05) is 11.6 Å². The molecule has 0 radical (unpaired) electrons. The quantitative estimate of drug-likeness (QED) is 0.911. The molecule has 0 saturated heterocycles. The molecule has 4 nitrogen and oxygen atoms in total. The van der Waals surface area contributed by atoms with Gasteiger partial charge in [-0.05, 0) is 31.2 Å². The van der Waals surface area contributed by atoms with Crippen LogP contribution in [0.5, 0.6) is 0 Å². The van der Waals surface area contributed by atoms with Crippen LogP contribution in [-0.4, -0.2) is 17.9 Å². The van der Waals surface area contributed by atoms with Gasteiger partial charge >= 0.3 is 0 Å². The lowest BCUT2D eigenvalue weighted by atomic mass is 10.3. The molecule has 19 heavy (non-hydrogen) atoms. The largest absolute Gasteiger partial charge is 0.373 e. The van der Waals surface area contributed by atoms with E-state index in [4.69, 9.17) is 11.6 Å². The molecule has 0 atom stereocenters. The number of rotatable bonds is 4. The van der Waals surface area contributed by atoms with E-state index in [2.05, 4.69) is 15.6 Å². The molecule has 1 amide bonds. The van der Waals surface area contributed by atoms with Gasteiger partial charge in [-0.15, -0.1) is 11.3 Å². The van der Waals surface area contributed by atoms with Crippen LogP contribution in [0.15, 0.2) is 24.3 Å². The Morgan fingerprint density at radius 3 is 2.79 bits per heavy atom. The van der Waals surface area contributed by atoms with Gasteiger partial charge in [-0.2, -0.15) is 0 Å². The number of nitrogens with one attached hydrogen (secondary N) is 2. The van der Waals surface area contributed by atoms with E-state index in [9.17, 15) is 4.79 Å². The van der Waals surface area contributed by atoms with E-state index in [-0.39, 0.29) is 11.6 Å². The first-order chi connectivity index (χ1) is 9.10. The Morgan fingerprint density at radius 1 is 1.37 bits per heavy atom. The Hall–Kier alpha value is -1.59. The van der Waals surface area contributed by atoms with Gasteiger partial charge in [0.05, 0.1) is 11.6 Å². The average molecular weight is 296 g/mol. The molecule has 2 rings (SSSR count). The smallest absolute Gasteiger partial charge is 0.271 e. The average Bonchev–Trinajstić information content (AvgIpc) is 2.82. The van der Waals surface area contributed by atoms with Crippen LogP contribution in [0.2, 0.25) is 5.02 Å². The molecular weight excluding hydrogens is 282 g/mol. The van der Waals surface area contributed by atoms with Gasteiger partial charge in [0.15, 0.2) is 0 Å². The Labute approximate surface area is 120 Å². The lowest BCUT2D eigenvalue weighted by molar-refractivity contribution is 0.0946. The normalized spacial score (nSPS) is 10.3. The summed E-state index contributed by atoms with van der Waals surface area (Å²) in [7, 11) is 1.74. The van der Waals surface area contributed by atoms with Crippen LogP contribution in [0.1, 0.15) is 20.2 Å². The molecular formula is C13H14ClN3OS. The molecule has 2 heterocycles. The Bertz CT molecular complexity index is 597. The summed E-state index contributed by atoms with van der Waals surface area (Å²) in [5.41, 5.74) is 0.238. The van der Waals surface area contributed by atoms with E-state index in [1.54, 1.807) is 30.5 Å². The third kappa shape index (κ3) is 3.45. The van der Waals surface area contributed by atoms with E-state index in [0.29, 0.717) is 17.4 Å². The van der Waals surface area contributed by atoms with Crippen molar-refractivity contribution in [2.45, 2.75) is 13.5 Å². The number of hydrogen-bond donors (Lipinski definition) is 2. The Kier molecular flexibility index (Phi) is 4.39. The number of hydrogen-bond acceptors (Lipinski definition) is 4. The van der Waals surface area contributed by atoms with Gasteiger partial charge in [0.25, 0.3) is 5.91 Å². The maximum Gasteiger partial charge on any atom is 0.271 e. The maximum atomic E-state index is 12.0. The standard InChI is InChI=1S/C13H14ClN3OS/c1-8-3-4-9(19-8)7-16-13(18)12-10(14)5-6-11(15-2)17-12/h3-6H,7H2,1-2H3,(H,15,17)(H,16,18). The van der Waals surface area contributed by atoms with Crippen LogP contribution in [0, 0.1) is 6.92 Å². The summed E-state index contributed by atoms with van der Waals surface area (Å²) in [5.74, 6) is 0.342. The molecule has 2 aromatic rings. The van der Waals surface area contributed by atoms with Crippen LogP contribution >= 0.6 is 22.9 Å². The van der Waals surface area contributed by atoms with Crippen molar-refractivity contribution in [3.63, 3.8) is 0 Å². The third-order valence-corrected chi connectivity index (χ3v) is 3.84. The number of aromatic nitrogens is 1. The molecule has 0 spiro atoms. The zero-order valence-corrected chi connectivity index (χ0v) is 12.2. The number of halogens is 1. The lowest BCUT2D eigenvalue weighted by Crippen LogP contribution is -2.24. The van der Waals surface area contributed by atoms with Crippen molar-refractivity contribution in [1.29, 1.82) is 0 Å². The molecule has 0 bridgehead atoms. The zero-order chi connectivity index (χ0) is 13.8. The lowest BCUT2D eigenvalue weighted by Gasteiger charge is -2.07. The minimum atomic E-state index is -0.270. The number of pyridine rings is 1. The summed E-state index contributed by atoms with van der Waals surface area (Å²) in [6.45, 7) is 2.52. The summed E-state index contributed by atoms with van der Waals surface area (Å²) in [5, 5.41) is 6.04. The predicted octanol–water partition coefficient (Wildman–Crippen LogP) is 3.08. The van der Waals surface area contributed by atoms with Crippen LogP contribution in [0.25, 0.3) is 0 Å². The molecule has 2 aromatic heterocycles. The fraction of sp³-hybridized carbons (Fsp3) is 0.231. The summed E-state index contributed by atoms with van der Waals surface area (Å²) in [6.07, 6.45) is 0. The molecule has 0 aromatic carbocycles. The molecule has 6 heteroatoms. The second kappa shape index (κ2) is 6.04. The van der Waals surface area contributed by atoms with Crippen molar-refractivity contribution in [2.24, 2.45) is 0 Å². The van der Waals surface area contributed by atoms with Gasteiger partial charge in [0.2, 0.25) is 0 Å². The topological polar surface area (TPSA) is 54.0 Å². The monoisotopic (exact) mass is 295 g/mol.